The molecule has 2 aromatic rings. The van der Waals surface area contributed by atoms with Crippen molar-refractivity contribution in [2.75, 3.05) is 16.8 Å². The Hall–Kier alpha value is -3.33. The van der Waals surface area contributed by atoms with E-state index in [-0.39, 0.29) is 12.2 Å². The number of carbonyl (C=O) groups is 3. The predicted octanol–water partition coefficient (Wildman–Crippen LogP) is 2.41. The molecule has 2 aliphatic heterocycles. The van der Waals surface area contributed by atoms with Crippen LogP contribution >= 0.6 is 11.6 Å². The molecule has 2 heterocycles. The molecule has 0 saturated carbocycles. The van der Waals surface area contributed by atoms with Gasteiger partial charge in [0, 0.05) is 10.7 Å². The minimum Gasteiger partial charge on any atom is -0.324 e. The number of nitrogens with zero attached hydrogens (tertiary/aromatic N) is 4. The summed E-state index contributed by atoms with van der Waals surface area (Å²) < 4.78 is 13.5. The number of anilines is 2. The molecule has 0 bridgehead atoms. The molecule has 2 atom stereocenters. The average Bonchev–Trinajstić information content (AvgIpc) is 3.17. The van der Waals surface area contributed by atoms with Gasteiger partial charge in [0.1, 0.15) is 12.4 Å². The first kappa shape index (κ1) is 18.1. The number of fused-ring (bicyclic) bond motifs is 1. The van der Waals surface area contributed by atoms with Gasteiger partial charge in [-0.05, 0) is 42.5 Å². The number of hydrogen-bond acceptors (Lipinski definition) is 6. The van der Waals surface area contributed by atoms with Gasteiger partial charge in [0.15, 0.2) is 12.1 Å². The third-order valence-electron chi connectivity index (χ3n) is 4.36. The summed E-state index contributed by atoms with van der Waals surface area (Å²) in [7, 11) is 0. The van der Waals surface area contributed by atoms with Crippen LogP contribution in [0.15, 0.2) is 58.9 Å². The van der Waals surface area contributed by atoms with Crippen LogP contribution < -0.4 is 10.2 Å². The standard InChI is InChI=1S/C18H13ClFN5O3/c19-10-4-6-12(7-5-10)21-14(26)9-24-16-15(22-23-24)17(27)25(18(16)28)13-3-1-2-11(20)8-13/h1-8,15-16H,9H2,(H,21,26)/t15-,16+/m1/s1. The van der Waals surface area contributed by atoms with Crippen LogP contribution in [0.3, 0.4) is 0 Å². The van der Waals surface area contributed by atoms with Crippen LogP contribution in [0, 0.1) is 5.82 Å². The molecule has 2 aromatic carbocycles. The molecule has 4 rings (SSSR count). The molecule has 142 valence electrons. The number of rotatable bonds is 4. The molecular formula is C18H13ClFN5O3. The van der Waals surface area contributed by atoms with E-state index in [2.05, 4.69) is 15.7 Å². The van der Waals surface area contributed by atoms with Crippen molar-refractivity contribution < 1.29 is 18.8 Å². The number of benzene rings is 2. The van der Waals surface area contributed by atoms with Gasteiger partial charge < -0.3 is 5.32 Å². The zero-order valence-electron chi connectivity index (χ0n) is 14.3. The molecule has 0 radical (unpaired) electrons. The molecule has 0 aliphatic carbocycles. The van der Waals surface area contributed by atoms with Gasteiger partial charge in [-0.3, -0.25) is 19.4 Å². The van der Waals surface area contributed by atoms with Crippen LogP contribution in [0.5, 0.6) is 0 Å². The first-order valence-corrected chi connectivity index (χ1v) is 8.68. The van der Waals surface area contributed by atoms with E-state index in [0.29, 0.717) is 10.7 Å². The summed E-state index contributed by atoms with van der Waals surface area (Å²) >= 11 is 5.80. The topological polar surface area (TPSA) is 94.4 Å². The number of hydrogen-bond donors (Lipinski definition) is 1. The van der Waals surface area contributed by atoms with Crippen molar-refractivity contribution in [3.05, 3.63) is 59.4 Å². The Morgan fingerprint density at radius 1 is 1.14 bits per heavy atom. The smallest absolute Gasteiger partial charge is 0.263 e. The van der Waals surface area contributed by atoms with Gasteiger partial charge >= 0.3 is 0 Å². The van der Waals surface area contributed by atoms with E-state index >= 15 is 0 Å². The van der Waals surface area contributed by atoms with Crippen LogP contribution in [0.2, 0.25) is 5.02 Å². The van der Waals surface area contributed by atoms with Crippen molar-refractivity contribution in [2.24, 2.45) is 10.3 Å². The molecule has 2 aliphatic rings. The van der Waals surface area contributed by atoms with Gasteiger partial charge in [-0.1, -0.05) is 22.9 Å². The summed E-state index contributed by atoms with van der Waals surface area (Å²) in [6.07, 6.45) is 0. The van der Waals surface area contributed by atoms with Crippen molar-refractivity contribution in [3.63, 3.8) is 0 Å². The zero-order valence-corrected chi connectivity index (χ0v) is 15.0. The van der Waals surface area contributed by atoms with Crippen molar-refractivity contribution in [1.82, 2.24) is 5.01 Å². The molecule has 1 N–H and O–H groups in total. The Labute approximate surface area is 163 Å². The molecular weight excluding hydrogens is 389 g/mol. The normalized spacial score (nSPS) is 20.6. The van der Waals surface area contributed by atoms with Gasteiger partial charge in [0.2, 0.25) is 5.91 Å². The van der Waals surface area contributed by atoms with Gasteiger partial charge in [-0.25, -0.2) is 9.29 Å². The highest BCUT2D eigenvalue weighted by molar-refractivity contribution is 6.30. The Bertz CT molecular complexity index is 997. The average molecular weight is 402 g/mol. The molecule has 1 saturated heterocycles. The van der Waals surface area contributed by atoms with Gasteiger partial charge in [-0.15, -0.1) is 0 Å². The van der Waals surface area contributed by atoms with E-state index in [1.54, 1.807) is 24.3 Å². The summed E-state index contributed by atoms with van der Waals surface area (Å²) in [6, 6.07) is 9.57. The van der Waals surface area contributed by atoms with E-state index in [1.165, 1.54) is 18.2 Å². The molecule has 0 unspecified atom stereocenters. The number of carbonyl (C=O) groups excluding carboxylic acids is 3. The van der Waals surface area contributed by atoms with Crippen molar-refractivity contribution in [2.45, 2.75) is 12.1 Å². The van der Waals surface area contributed by atoms with Gasteiger partial charge in [0.05, 0.1) is 5.69 Å². The quantitative estimate of drug-likeness (QED) is 0.796. The van der Waals surface area contributed by atoms with E-state index in [4.69, 9.17) is 11.6 Å². The van der Waals surface area contributed by atoms with Crippen LogP contribution in [0.25, 0.3) is 0 Å². The second-order valence-corrected chi connectivity index (χ2v) is 6.68. The maximum Gasteiger partial charge on any atom is 0.263 e. The second-order valence-electron chi connectivity index (χ2n) is 6.24. The maximum atomic E-state index is 13.5. The predicted molar refractivity (Wildman–Crippen MR) is 98.1 cm³/mol. The third-order valence-corrected chi connectivity index (χ3v) is 4.61. The SMILES string of the molecule is O=C(CN1N=N[C@H]2C(=O)N(c3cccc(F)c3)C(=O)[C@H]21)Nc1ccc(Cl)cc1. The lowest BCUT2D eigenvalue weighted by Gasteiger charge is -2.20. The number of imide groups is 1. The first-order valence-electron chi connectivity index (χ1n) is 8.30. The van der Waals surface area contributed by atoms with E-state index in [9.17, 15) is 18.8 Å². The molecule has 0 spiro atoms. The number of amides is 3. The fourth-order valence-electron chi connectivity index (χ4n) is 3.10. The first-order chi connectivity index (χ1) is 13.4. The van der Waals surface area contributed by atoms with E-state index < -0.39 is 35.6 Å². The highest BCUT2D eigenvalue weighted by Crippen LogP contribution is 2.32. The number of nitrogens with one attached hydrogen (secondary N) is 1. The van der Waals surface area contributed by atoms with Crippen LogP contribution in [0.4, 0.5) is 15.8 Å². The Morgan fingerprint density at radius 3 is 2.61 bits per heavy atom. The Balaban J connectivity index is 1.49. The highest BCUT2D eigenvalue weighted by Gasteiger charge is 2.55. The molecule has 28 heavy (non-hydrogen) atoms. The lowest BCUT2D eigenvalue weighted by atomic mass is 10.1. The number of halogens is 2. The molecule has 1 fully saturated rings. The summed E-state index contributed by atoms with van der Waals surface area (Å²) in [5, 5.41) is 12.0. The van der Waals surface area contributed by atoms with Crippen LogP contribution in [0.1, 0.15) is 0 Å². The summed E-state index contributed by atoms with van der Waals surface area (Å²) in [4.78, 5) is 38.5. The van der Waals surface area contributed by atoms with Crippen LogP contribution in [-0.4, -0.2) is 41.4 Å². The zero-order chi connectivity index (χ0) is 19.8. The van der Waals surface area contributed by atoms with Crippen LogP contribution in [-0.2, 0) is 14.4 Å². The van der Waals surface area contributed by atoms with Crippen molar-refractivity contribution in [1.29, 1.82) is 0 Å². The fraction of sp³-hybridized carbons (Fsp3) is 0.167. The summed E-state index contributed by atoms with van der Waals surface area (Å²) in [5.41, 5.74) is 0.641. The molecule has 3 amide bonds. The summed E-state index contributed by atoms with van der Waals surface area (Å²) in [5.74, 6) is -2.22. The third kappa shape index (κ3) is 3.20. The highest BCUT2D eigenvalue weighted by atomic mass is 35.5. The van der Waals surface area contributed by atoms with E-state index in [1.807, 2.05) is 0 Å². The molecule has 10 heteroatoms. The Kier molecular flexibility index (Phi) is 4.52. The molecule has 8 nitrogen and oxygen atoms in total. The maximum absolute atomic E-state index is 13.5. The Morgan fingerprint density at radius 2 is 1.89 bits per heavy atom. The lowest BCUT2D eigenvalue weighted by molar-refractivity contribution is -0.123. The minimum absolute atomic E-state index is 0.116. The monoisotopic (exact) mass is 401 g/mol. The van der Waals surface area contributed by atoms with Gasteiger partial charge in [-0.2, -0.15) is 5.11 Å². The lowest BCUT2D eigenvalue weighted by Crippen LogP contribution is -2.43. The largest absolute Gasteiger partial charge is 0.324 e. The second kappa shape index (κ2) is 7.01. The fourth-order valence-corrected chi connectivity index (χ4v) is 3.23. The minimum atomic E-state index is -1.06. The molecule has 0 aromatic heterocycles. The van der Waals surface area contributed by atoms with E-state index in [0.717, 1.165) is 16.0 Å². The summed E-state index contributed by atoms with van der Waals surface area (Å²) in [6.45, 7) is -0.275. The van der Waals surface area contributed by atoms with Crippen molar-refractivity contribution in [3.8, 4) is 0 Å². The van der Waals surface area contributed by atoms with Gasteiger partial charge in [0.25, 0.3) is 11.8 Å². The van der Waals surface area contributed by atoms with Crippen molar-refractivity contribution >= 4 is 40.7 Å².